The third-order valence-corrected chi connectivity index (χ3v) is 7.90. The van der Waals surface area contributed by atoms with Crippen LogP contribution in [0.15, 0.2) is 48.5 Å². The Bertz CT molecular complexity index is 1070. The number of carboxylic acid groups (broad SMARTS) is 1. The molecule has 2 amide bonds. The Morgan fingerprint density at radius 2 is 1.63 bits per heavy atom. The maximum Gasteiger partial charge on any atom is 0.407 e. The third kappa shape index (κ3) is 4.77. The van der Waals surface area contributed by atoms with Crippen molar-refractivity contribution in [1.29, 1.82) is 0 Å². The lowest BCUT2D eigenvalue weighted by Crippen LogP contribution is -2.43. The van der Waals surface area contributed by atoms with Gasteiger partial charge < -0.3 is 20.1 Å². The topological polar surface area (TPSA) is 95.9 Å². The lowest BCUT2D eigenvalue weighted by atomic mass is 9.94. The van der Waals surface area contributed by atoms with Gasteiger partial charge in [0.15, 0.2) is 0 Å². The van der Waals surface area contributed by atoms with E-state index in [-0.39, 0.29) is 42.7 Å². The van der Waals surface area contributed by atoms with Crippen molar-refractivity contribution in [3.05, 3.63) is 59.7 Å². The van der Waals surface area contributed by atoms with Gasteiger partial charge in [0.2, 0.25) is 5.91 Å². The molecule has 2 aromatic rings. The predicted octanol–water partition coefficient (Wildman–Crippen LogP) is 4.41. The summed E-state index contributed by atoms with van der Waals surface area (Å²) in [6.45, 7) is 1.28. The first-order valence-electron chi connectivity index (χ1n) is 12.6. The highest BCUT2D eigenvalue weighted by atomic mass is 16.5. The zero-order chi connectivity index (χ0) is 24.4. The molecule has 2 aromatic carbocycles. The van der Waals surface area contributed by atoms with Crippen LogP contribution in [0.5, 0.6) is 0 Å². The van der Waals surface area contributed by atoms with E-state index in [0.29, 0.717) is 13.1 Å². The molecular weight excluding hydrogens is 444 g/mol. The summed E-state index contributed by atoms with van der Waals surface area (Å²) < 4.78 is 5.65. The monoisotopic (exact) mass is 476 g/mol. The van der Waals surface area contributed by atoms with E-state index in [2.05, 4.69) is 29.6 Å². The minimum Gasteiger partial charge on any atom is -0.481 e. The van der Waals surface area contributed by atoms with Gasteiger partial charge in [-0.05, 0) is 53.9 Å². The summed E-state index contributed by atoms with van der Waals surface area (Å²) in [5, 5.41) is 12.1. The average Bonchev–Trinajstić information content (AvgIpc) is 3.58. The van der Waals surface area contributed by atoms with Crippen LogP contribution in [-0.2, 0) is 14.3 Å². The van der Waals surface area contributed by atoms with Crippen LogP contribution >= 0.6 is 0 Å². The van der Waals surface area contributed by atoms with E-state index in [1.807, 2.05) is 24.3 Å². The van der Waals surface area contributed by atoms with E-state index in [1.165, 1.54) is 22.3 Å². The molecule has 1 heterocycles. The molecule has 2 N–H and O–H groups in total. The average molecular weight is 477 g/mol. The zero-order valence-corrected chi connectivity index (χ0v) is 19.8. The minimum atomic E-state index is -0.866. The largest absolute Gasteiger partial charge is 0.481 e. The summed E-state index contributed by atoms with van der Waals surface area (Å²) >= 11 is 0. The molecule has 2 fully saturated rings. The summed E-state index contributed by atoms with van der Waals surface area (Å²) in [6.07, 6.45) is 3.72. The number of carboxylic acids is 1. The molecule has 1 saturated heterocycles. The van der Waals surface area contributed by atoms with Crippen LogP contribution in [0.25, 0.3) is 11.1 Å². The first-order chi connectivity index (χ1) is 17.0. The first-order valence-corrected chi connectivity index (χ1v) is 12.6. The number of aliphatic carboxylic acids is 1. The van der Waals surface area contributed by atoms with Crippen LogP contribution in [0.1, 0.15) is 55.6 Å². The third-order valence-electron chi connectivity index (χ3n) is 7.90. The maximum atomic E-state index is 13.2. The molecule has 184 valence electrons. The Hall–Kier alpha value is -3.35. The molecule has 3 unspecified atom stereocenters. The molecule has 0 spiro atoms. The molecule has 7 nitrogen and oxygen atoms in total. The van der Waals surface area contributed by atoms with E-state index >= 15 is 0 Å². The molecule has 0 radical (unpaired) electrons. The number of nitrogens with zero attached hydrogens (tertiary/aromatic N) is 1. The molecule has 5 rings (SSSR count). The summed E-state index contributed by atoms with van der Waals surface area (Å²) in [4.78, 5) is 38.8. The van der Waals surface area contributed by atoms with Gasteiger partial charge in [-0.25, -0.2) is 4.79 Å². The highest BCUT2D eigenvalue weighted by Gasteiger charge is 2.40. The molecule has 0 bridgehead atoms. The molecule has 3 atom stereocenters. The Morgan fingerprint density at radius 1 is 0.943 bits per heavy atom. The van der Waals surface area contributed by atoms with Gasteiger partial charge in [0.1, 0.15) is 6.61 Å². The molecule has 7 heteroatoms. The lowest BCUT2D eigenvalue weighted by molar-refractivity contribution is -0.141. The minimum absolute atomic E-state index is 0.00112. The number of carbonyl (C=O) groups excluding carboxylic acids is 2. The predicted molar refractivity (Wildman–Crippen MR) is 131 cm³/mol. The number of carbonyl (C=O) groups is 3. The summed E-state index contributed by atoms with van der Waals surface area (Å²) in [5.41, 5.74) is 4.72. The number of benzene rings is 2. The van der Waals surface area contributed by atoms with E-state index in [0.717, 1.165) is 32.1 Å². The van der Waals surface area contributed by atoms with Gasteiger partial charge in [-0.3, -0.25) is 9.59 Å². The second-order valence-corrected chi connectivity index (χ2v) is 9.93. The second kappa shape index (κ2) is 10.1. The standard InChI is InChI=1S/C28H32N2O5/c31-26(32)15-19-8-6-14-30(19)27(33)20-13-5-7-18(20)16-29-28(34)35-17-25-23-11-3-1-9-21(23)22-10-2-4-12-24(22)25/h1-4,9-12,18-20,25H,5-8,13-17H2,(H,29,34)(H,31,32). The van der Waals surface area contributed by atoms with Gasteiger partial charge in [-0.15, -0.1) is 0 Å². The number of alkyl carbamates (subject to hydrolysis) is 1. The lowest BCUT2D eigenvalue weighted by Gasteiger charge is -2.29. The number of nitrogens with one attached hydrogen (secondary N) is 1. The number of hydrogen-bond acceptors (Lipinski definition) is 4. The number of ether oxygens (including phenoxy) is 1. The van der Waals surface area contributed by atoms with Crippen molar-refractivity contribution in [2.45, 2.75) is 50.5 Å². The Morgan fingerprint density at radius 3 is 2.31 bits per heavy atom. The fourth-order valence-corrected chi connectivity index (χ4v) is 6.22. The van der Waals surface area contributed by atoms with Crippen LogP contribution in [0, 0.1) is 11.8 Å². The molecular formula is C28H32N2O5. The second-order valence-electron chi connectivity index (χ2n) is 9.93. The molecule has 0 aromatic heterocycles. The van der Waals surface area contributed by atoms with Crippen LogP contribution < -0.4 is 5.32 Å². The van der Waals surface area contributed by atoms with Crippen LogP contribution in [0.3, 0.4) is 0 Å². The van der Waals surface area contributed by atoms with Crippen molar-refractivity contribution >= 4 is 18.0 Å². The summed E-state index contributed by atoms with van der Waals surface area (Å²) in [5.74, 6) is -0.928. The van der Waals surface area contributed by atoms with Gasteiger partial charge in [-0.1, -0.05) is 55.0 Å². The number of likely N-dealkylation sites (tertiary alicyclic amines) is 1. The van der Waals surface area contributed by atoms with E-state index < -0.39 is 12.1 Å². The molecule has 35 heavy (non-hydrogen) atoms. The van der Waals surface area contributed by atoms with Crippen molar-refractivity contribution < 1.29 is 24.2 Å². The Balaban J connectivity index is 1.16. The zero-order valence-electron chi connectivity index (χ0n) is 19.8. The Kier molecular flexibility index (Phi) is 6.75. The van der Waals surface area contributed by atoms with Gasteiger partial charge in [0.05, 0.1) is 6.42 Å². The normalized spacial score (nSPS) is 23.1. The van der Waals surface area contributed by atoms with Gasteiger partial charge in [-0.2, -0.15) is 0 Å². The molecule has 2 aliphatic carbocycles. The summed E-state index contributed by atoms with van der Waals surface area (Å²) in [6, 6.07) is 16.2. The highest BCUT2D eigenvalue weighted by Crippen LogP contribution is 2.44. The number of rotatable bonds is 7. The molecule has 1 aliphatic heterocycles. The van der Waals surface area contributed by atoms with Gasteiger partial charge in [0, 0.05) is 31.0 Å². The van der Waals surface area contributed by atoms with Crippen molar-refractivity contribution in [2.24, 2.45) is 11.8 Å². The molecule has 3 aliphatic rings. The van der Waals surface area contributed by atoms with Crippen molar-refractivity contribution in [3.8, 4) is 11.1 Å². The smallest absolute Gasteiger partial charge is 0.407 e. The maximum absolute atomic E-state index is 13.2. The highest BCUT2D eigenvalue weighted by molar-refractivity contribution is 5.81. The number of fused-ring (bicyclic) bond motifs is 3. The van der Waals surface area contributed by atoms with E-state index in [4.69, 9.17) is 4.74 Å². The quantitative estimate of drug-likeness (QED) is 0.617. The van der Waals surface area contributed by atoms with Crippen molar-refractivity contribution in [1.82, 2.24) is 10.2 Å². The summed E-state index contributed by atoms with van der Waals surface area (Å²) in [7, 11) is 0. The Labute approximate surface area is 205 Å². The number of amides is 2. The van der Waals surface area contributed by atoms with Crippen molar-refractivity contribution in [3.63, 3.8) is 0 Å². The molecule has 1 saturated carbocycles. The van der Waals surface area contributed by atoms with Crippen LogP contribution in [0.2, 0.25) is 0 Å². The fraction of sp³-hybridized carbons (Fsp3) is 0.464. The van der Waals surface area contributed by atoms with Crippen LogP contribution in [-0.4, -0.2) is 53.7 Å². The van der Waals surface area contributed by atoms with E-state index in [1.54, 1.807) is 4.90 Å². The first kappa shape index (κ1) is 23.4. The SMILES string of the molecule is O=C(O)CC1CCCN1C(=O)C1CCCC1CNC(=O)OCC1c2ccccc2-c2ccccc21. The van der Waals surface area contributed by atoms with E-state index in [9.17, 15) is 19.5 Å². The number of hydrogen-bond donors (Lipinski definition) is 2. The van der Waals surface area contributed by atoms with Gasteiger partial charge >= 0.3 is 12.1 Å². The van der Waals surface area contributed by atoms with Crippen LogP contribution in [0.4, 0.5) is 4.79 Å². The fourth-order valence-electron chi connectivity index (χ4n) is 6.22. The van der Waals surface area contributed by atoms with Gasteiger partial charge in [0.25, 0.3) is 0 Å². The van der Waals surface area contributed by atoms with Crippen molar-refractivity contribution in [2.75, 3.05) is 19.7 Å².